The topological polar surface area (TPSA) is 87.0 Å². The van der Waals surface area contributed by atoms with Crippen LogP contribution in [0.4, 0.5) is 42.2 Å². The predicted molar refractivity (Wildman–Crippen MR) is 59.5 cm³/mol. The van der Waals surface area contributed by atoms with E-state index in [1.54, 1.807) is 0 Å². The van der Waals surface area contributed by atoms with Crippen LogP contribution in [0.15, 0.2) is 6.20 Å². The molecule has 0 aliphatic carbocycles. The zero-order valence-electron chi connectivity index (χ0n) is 10.5. The van der Waals surface area contributed by atoms with Gasteiger partial charge in [-0.15, -0.1) is 0 Å². The first-order valence-electron chi connectivity index (χ1n) is 5.39. The second-order valence-electron chi connectivity index (χ2n) is 4.06. The van der Waals surface area contributed by atoms with Crippen LogP contribution < -0.4 is 5.73 Å². The lowest BCUT2D eigenvalue weighted by Crippen LogP contribution is -2.20. The molecule has 1 heterocycles. The minimum absolute atomic E-state index is 0.234. The van der Waals surface area contributed by atoms with Crippen LogP contribution in [0.3, 0.4) is 0 Å². The summed E-state index contributed by atoms with van der Waals surface area (Å²) in [4.78, 5) is 9.40. The quantitative estimate of drug-likeness (QED) is 0.298. The smallest absolute Gasteiger partial charge is 0.378 e. The van der Waals surface area contributed by atoms with Crippen molar-refractivity contribution in [2.24, 2.45) is 0 Å². The van der Waals surface area contributed by atoms with Gasteiger partial charge in [0.05, 0.1) is 4.92 Å². The van der Waals surface area contributed by atoms with Crippen LogP contribution in [-0.2, 0) is 6.18 Å². The number of nitrogen functional groups attached to an aromatic ring is 1. The van der Waals surface area contributed by atoms with Crippen molar-refractivity contribution >= 4 is 11.5 Å². The van der Waals surface area contributed by atoms with Gasteiger partial charge in [-0.25, -0.2) is 22.2 Å². The van der Waals surface area contributed by atoms with Gasteiger partial charge >= 0.3 is 11.9 Å². The van der Waals surface area contributed by atoms with E-state index >= 15 is 0 Å². The first-order valence-corrected chi connectivity index (χ1v) is 5.39. The lowest BCUT2D eigenvalue weighted by molar-refractivity contribution is -0.383. The summed E-state index contributed by atoms with van der Waals surface area (Å²) in [5.74, 6) is -11.6. The van der Waals surface area contributed by atoms with Crippen molar-refractivity contribution < 1.29 is 35.7 Å². The van der Waals surface area contributed by atoms with Crippen LogP contribution in [0.2, 0.25) is 0 Å². The Morgan fingerprint density at radius 1 is 1.09 bits per heavy atom. The van der Waals surface area contributed by atoms with Crippen molar-refractivity contribution in [1.29, 1.82) is 0 Å². The zero-order chi connectivity index (χ0) is 17.7. The van der Waals surface area contributed by atoms with E-state index in [1.807, 2.05) is 0 Å². The van der Waals surface area contributed by atoms with E-state index in [-0.39, 0.29) is 4.68 Å². The Balaban J connectivity index is 2.95. The summed E-state index contributed by atoms with van der Waals surface area (Å²) < 4.78 is 91.9. The van der Waals surface area contributed by atoms with Gasteiger partial charge in [0.1, 0.15) is 17.4 Å². The van der Waals surface area contributed by atoms with Gasteiger partial charge in [-0.05, 0) is 0 Å². The molecule has 0 amide bonds. The predicted octanol–water partition coefficient (Wildman–Crippen LogP) is 2.94. The molecule has 0 saturated carbocycles. The molecule has 0 unspecified atom stereocenters. The van der Waals surface area contributed by atoms with Crippen molar-refractivity contribution in [1.82, 2.24) is 9.78 Å². The number of anilines is 1. The minimum atomic E-state index is -5.66. The number of aromatic nitrogens is 2. The summed E-state index contributed by atoms with van der Waals surface area (Å²) in [7, 11) is 0. The summed E-state index contributed by atoms with van der Waals surface area (Å²) in [6.45, 7) is 0. The Morgan fingerprint density at radius 3 is 2.04 bits per heavy atom. The average molecular weight is 344 g/mol. The van der Waals surface area contributed by atoms with E-state index in [0.29, 0.717) is 6.20 Å². The monoisotopic (exact) mass is 344 g/mol. The number of alkyl halides is 3. The van der Waals surface area contributed by atoms with Crippen LogP contribution in [0.5, 0.6) is 0 Å². The summed E-state index contributed by atoms with van der Waals surface area (Å²) in [6.07, 6.45) is -5.32. The highest BCUT2D eigenvalue weighted by Gasteiger charge is 2.43. The van der Waals surface area contributed by atoms with Gasteiger partial charge in [0.25, 0.3) is 0 Å². The van der Waals surface area contributed by atoms with Gasteiger partial charge in [-0.3, -0.25) is 10.1 Å². The average Bonchev–Trinajstić information content (AvgIpc) is 2.80. The molecule has 13 heteroatoms. The number of nitrogens with two attached hydrogens (primary N) is 1. The maximum atomic E-state index is 13.7. The number of halogens is 7. The number of hydrogen-bond donors (Lipinski definition) is 1. The van der Waals surface area contributed by atoms with Crippen molar-refractivity contribution in [2.45, 2.75) is 6.18 Å². The molecular formula is C10H3F7N4O2. The standard InChI is InChI=1S/C10H3F7N4O2/c11-4-3(10(15,16)17)8(7(14)6(13)5(4)12)20-9(18)2(1-19-20)21(22)23/h1H,18H2. The minimum Gasteiger partial charge on any atom is -0.378 e. The maximum Gasteiger partial charge on any atom is 0.421 e. The lowest BCUT2D eigenvalue weighted by atomic mass is 10.1. The molecule has 2 aromatic rings. The molecule has 2 N–H and O–H groups in total. The molecule has 2 rings (SSSR count). The van der Waals surface area contributed by atoms with Gasteiger partial charge in [0.15, 0.2) is 23.3 Å². The van der Waals surface area contributed by atoms with E-state index in [9.17, 15) is 40.8 Å². The Hall–Kier alpha value is -2.86. The van der Waals surface area contributed by atoms with Gasteiger partial charge in [0, 0.05) is 0 Å². The Bertz CT molecular complexity index is 815. The number of benzene rings is 1. The summed E-state index contributed by atoms with van der Waals surface area (Å²) in [5.41, 5.74) is -0.372. The largest absolute Gasteiger partial charge is 0.421 e. The van der Waals surface area contributed by atoms with Crippen molar-refractivity contribution in [2.75, 3.05) is 5.73 Å². The van der Waals surface area contributed by atoms with E-state index in [2.05, 4.69) is 5.10 Å². The SMILES string of the molecule is Nc1c([N+](=O)[O-])cnn1-c1c(F)c(F)c(F)c(F)c1C(F)(F)F. The summed E-state index contributed by atoms with van der Waals surface area (Å²) in [6, 6.07) is 0. The molecule has 0 fully saturated rings. The maximum absolute atomic E-state index is 13.7. The van der Waals surface area contributed by atoms with Crippen molar-refractivity contribution in [3.8, 4) is 5.69 Å². The van der Waals surface area contributed by atoms with E-state index in [4.69, 9.17) is 5.73 Å². The number of nitro groups is 1. The highest BCUT2D eigenvalue weighted by atomic mass is 19.4. The highest BCUT2D eigenvalue weighted by molar-refractivity contribution is 5.58. The fourth-order valence-electron chi connectivity index (χ4n) is 1.75. The van der Waals surface area contributed by atoms with Crippen LogP contribution in [0.25, 0.3) is 5.69 Å². The molecule has 1 aromatic carbocycles. The highest BCUT2D eigenvalue weighted by Crippen LogP contribution is 2.40. The molecule has 0 spiro atoms. The molecule has 124 valence electrons. The normalized spacial score (nSPS) is 11.8. The third-order valence-corrected chi connectivity index (χ3v) is 2.72. The van der Waals surface area contributed by atoms with Crippen LogP contribution >= 0.6 is 0 Å². The third-order valence-electron chi connectivity index (χ3n) is 2.72. The first-order chi connectivity index (χ1) is 10.5. The van der Waals surface area contributed by atoms with E-state index in [0.717, 1.165) is 0 Å². The third kappa shape index (κ3) is 2.43. The van der Waals surface area contributed by atoms with E-state index in [1.165, 1.54) is 0 Å². The van der Waals surface area contributed by atoms with Crippen LogP contribution in [0, 0.1) is 33.4 Å². The first kappa shape index (κ1) is 16.5. The van der Waals surface area contributed by atoms with Gasteiger partial charge < -0.3 is 5.73 Å². The molecule has 1 aromatic heterocycles. The van der Waals surface area contributed by atoms with Crippen molar-refractivity contribution in [3.05, 3.63) is 45.1 Å². The number of nitrogens with zero attached hydrogens (tertiary/aromatic N) is 3. The fraction of sp³-hybridized carbons (Fsp3) is 0.100. The van der Waals surface area contributed by atoms with Crippen molar-refractivity contribution in [3.63, 3.8) is 0 Å². The van der Waals surface area contributed by atoms with E-state index < -0.39 is 57.1 Å². The molecule has 0 bridgehead atoms. The summed E-state index contributed by atoms with van der Waals surface area (Å²) in [5, 5.41) is 13.6. The van der Waals surface area contributed by atoms with Crippen LogP contribution in [0.1, 0.15) is 5.56 Å². The zero-order valence-corrected chi connectivity index (χ0v) is 10.5. The molecule has 6 nitrogen and oxygen atoms in total. The second-order valence-corrected chi connectivity index (χ2v) is 4.06. The Kier molecular flexibility index (Phi) is 3.66. The van der Waals surface area contributed by atoms with Gasteiger partial charge in [-0.2, -0.15) is 18.3 Å². The number of rotatable bonds is 2. The Labute approximate surface area is 121 Å². The van der Waals surface area contributed by atoms with Gasteiger partial charge in [-0.1, -0.05) is 0 Å². The second kappa shape index (κ2) is 5.10. The molecule has 0 atom stereocenters. The molecule has 0 radical (unpaired) electrons. The lowest BCUT2D eigenvalue weighted by Gasteiger charge is -2.16. The van der Waals surface area contributed by atoms with Gasteiger partial charge in [0.2, 0.25) is 5.82 Å². The molecule has 0 aliphatic rings. The summed E-state index contributed by atoms with van der Waals surface area (Å²) >= 11 is 0. The fourth-order valence-corrected chi connectivity index (χ4v) is 1.75. The molecule has 0 saturated heterocycles. The number of hydrogen-bond acceptors (Lipinski definition) is 4. The molecular weight excluding hydrogens is 341 g/mol. The Morgan fingerprint density at radius 2 is 1.61 bits per heavy atom. The van der Waals surface area contributed by atoms with Crippen LogP contribution in [-0.4, -0.2) is 14.7 Å². The molecule has 0 aliphatic heterocycles. The molecule has 23 heavy (non-hydrogen) atoms.